The van der Waals surface area contributed by atoms with Crippen molar-refractivity contribution in [3.8, 4) is 5.75 Å². The van der Waals surface area contributed by atoms with Gasteiger partial charge in [-0.05, 0) is 41.8 Å². The van der Waals surface area contributed by atoms with Crippen LogP contribution >= 0.6 is 0 Å². The number of fused-ring (bicyclic) bond motifs is 1. The van der Waals surface area contributed by atoms with Gasteiger partial charge in [-0.3, -0.25) is 4.79 Å². The number of ether oxygens (including phenoxy) is 1. The first-order valence-electron chi connectivity index (χ1n) is 7.75. The van der Waals surface area contributed by atoms with Gasteiger partial charge in [-0.1, -0.05) is 18.2 Å². The summed E-state index contributed by atoms with van der Waals surface area (Å²) in [5, 5.41) is 13.1. The maximum absolute atomic E-state index is 12.4. The van der Waals surface area contributed by atoms with E-state index in [4.69, 9.17) is 4.74 Å². The fourth-order valence-corrected chi connectivity index (χ4v) is 2.80. The van der Waals surface area contributed by atoms with Crippen LogP contribution in [0.4, 0.5) is 5.69 Å². The van der Waals surface area contributed by atoms with E-state index in [0.717, 1.165) is 39.0 Å². The van der Waals surface area contributed by atoms with Gasteiger partial charge in [0.1, 0.15) is 5.75 Å². The number of aromatic amines is 1. The van der Waals surface area contributed by atoms with Gasteiger partial charge < -0.3 is 20.1 Å². The zero-order valence-corrected chi connectivity index (χ0v) is 13.7. The monoisotopic (exact) mass is 324 g/mol. The van der Waals surface area contributed by atoms with Crippen molar-refractivity contribution in [2.75, 3.05) is 12.4 Å². The average Bonchev–Trinajstić information content (AvgIpc) is 3.00. The van der Waals surface area contributed by atoms with Crippen molar-refractivity contribution in [2.45, 2.75) is 20.0 Å². The van der Waals surface area contributed by atoms with Crippen LogP contribution in [0.3, 0.4) is 0 Å². The molecule has 0 bridgehead atoms. The van der Waals surface area contributed by atoms with Crippen LogP contribution < -0.4 is 10.1 Å². The highest BCUT2D eigenvalue weighted by molar-refractivity contribution is 5.98. The molecule has 124 valence electrons. The molecule has 0 spiro atoms. The molecule has 1 heterocycles. The average molecular weight is 324 g/mol. The number of aliphatic hydroxyl groups is 1. The van der Waals surface area contributed by atoms with Crippen molar-refractivity contribution in [3.05, 3.63) is 59.3 Å². The first kappa shape index (κ1) is 16.1. The Morgan fingerprint density at radius 2 is 2.12 bits per heavy atom. The molecule has 0 saturated carbocycles. The molecule has 5 nitrogen and oxygen atoms in total. The Morgan fingerprint density at radius 1 is 1.29 bits per heavy atom. The van der Waals surface area contributed by atoms with Crippen molar-refractivity contribution < 1.29 is 14.6 Å². The van der Waals surface area contributed by atoms with Crippen LogP contribution in [0.5, 0.6) is 5.75 Å². The smallest absolute Gasteiger partial charge is 0.228 e. The molecular weight excluding hydrogens is 304 g/mol. The summed E-state index contributed by atoms with van der Waals surface area (Å²) in [6.07, 6.45) is 2.08. The molecule has 0 radical (unpaired) electrons. The molecular formula is C19H20N2O3. The molecule has 5 heteroatoms. The first-order valence-corrected chi connectivity index (χ1v) is 7.75. The molecule has 1 aromatic heterocycles. The zero-order chi connectivity index (χ0) is 17.1. The predicted molar refractivity (Wildman–Crippen MR) is 94.3 cm³/mol. The molecule has 0 unspecified atom stereocenters. The van der Waals surface area contributed by atoms with Gasteiger partial charge in [-0.25, -0.2) is 0 Å². The van der Waals surface area contributed by atoms with Gasteiger partial charge in [0.05, 0.1) is 20.1 Å². The molecule has 3 N–H and O–H groups in total. The van der Waals surface area contributed by atoms with E-state index in [-0.39, 0.29) is 18.9 Å². The standard InChI is InChI=1S/C19H20N2O3/c1-12-6-7-13(11-22)8-16(12)21-18(23)9-14-10-20-15-4-3-5-17(24-2)19(14)15/h3-8,10,20,22H,9,11H2,1-2H3,(H,21,23). The van der Waals surface area contributed by atoms with Gasteiger partial charge in [-0.2, -0.15) is 0 Å². The highest BCUT2D eigenvalue weighted by atomic mass is 16.5. The van der Waals surface area contributed by atoms with Gasteiger partial charge in [0.15, 0.2) is 0 Å². The van der Waals surface area contributed by atoms with Gasteiger partial charge in [0.25, 0.3) is 0 Å². The second-order valence-corrected chi connectivity index (χ2v) is 5.73. The van der Waals surface area contributed by atoms with E-state index >= 15 is 0 Å². The third kappa shape index (κ3) is 3.12. The Balaban J connectivity index is 1.83. The van der Waals surface area contributed by atoms with Crippen LogP contribution in [0.15, 0.2) is 42.6 Å². The minimum atomic E-state index is -0.111. The second-order valence-electron chi connectivity index (χ2n) is 5.73. The van der Waals surface area contributed by atoms with Crippen molar-refractivity contribution in [3.63, 3.8) is 0 Å². The van der Waals surface area contributed by atoms with E-state index in [9.17, 15) is 9.90 Å². The SMILES string of the molecule is COc1cccc2[nH]cc(CC(=O)Nc3cc(CO)ccc3C)c12. The van der Waals surface area contributed by atoms with Crippen LogP contribution in [0.2, 0.25) is 0 Å². The number of nitrogens with one attached hydrogen (secondary N) is 2. The first-order chi connectivity index (χ1) is 11.6. The van der Waals surface area contributed by atoms with Gasteiger partial charge in [0, 0.05) is 22.8 Å². The Morgan fingerprint density at radius 3 is 2.88 bits per heavy atom. The van der Waals surface area contributed by atoms with Gasteiger partial charge in [0.2, 0.25) is 5.91 Å². The van der Waals surface area contributed by atoms with Crippen LogP contribution in [-0.4, -0.2) is 23.1 Å². The Kier molecular flexibility index (Phi) is 4.53. The van der Waals surface area contributed by atoms with E-state index < -0.39 is 0 Å². The number of carbonyl (C=O) groups excluding carboxylic acids is 1. The Bertz CT molecular complexity index is 883. The lowest BCUT2D eigenvalue weighted by molar-refractivity contribution is -0.115. The number of rotatable bonds is 5. The lowest BCUT2D eigenvalue weighted by Crippen LogP contribution is -2.15. The van der Waals surface area contributed by atoms with E-state index in [1.165, 1.54) is 0 Å². The van der Waals surface area contributed by atoms with E-state index in [1.807, 2.05) is 43.5 Å². The third-order valence-corrected chi connectivity index (χ3v) is 4.08. The van der Waals surface area contributed by atoms with E-state index in [2.05, 4.69) is 10.3 Å². The Labute approximate surface area is 140 Å². The summed E-state index contributed by atoms with van der Waals surface area (Å²) in [5.41, 5.74) is 4.27. The van der Waals surface area contributed by atoms with Crippen molar-refractivity contribution in [1.29, 1.82) is 0 Å². The maximum Gasteiger partial charge on any atom is 0.228 e. The molecule has 2 aromatic carbocycles. The summed E-state index contributed by atoms with van der Waals surface area (Å²) in [4.78, 5) is 15.6. The Hall–Kier alpha value is -2.79. The summed E-state index contributed by atoms with van der Waals surface area (Å²) in [6.45, 7) is 1.87. The summed E-state index contributed by atoms with van der Waals surface area (Å²) in [7, 11) is 1.62. The van der Waals surface area contributed by atoms with Gasteiger partial charge >= 0.3 is 0 Å². The number of carbonyl (C=O) groups is 1. The topological polar surface area (TPSA) is 74.4 Å². The van der Waals surface area contributed by atoms with E-state index in [0.29, 0.717) is 0 Å². The fraction of sp³-hybridized carbons (Fsp3) is 0.211. The molecule has 0 aliphatic heterocycles. The van der Waals surface area contributed by atoms with Crippen molar-refractivity contribution in [2.24, 2.45) is 0 Å². The summed E-state index contributed by atoms with van der Waals surface area (Å²) in [5.74, 6) is 0.634. The van der Waals surface area contributed by atoms with Crippen LogP contribution in [0.25, 0.3) is 10.9 Å². The number of benzene rings is 2. The highest BCUT2D eigenvalue weighted by Crippen LogP contribution is 2.29. The zero-order valence-electron chi connectivity index (χ0n) is 13.7. The molecule has 3 aromatic rings. The molecule has 0 aliphatic rings. The molecule has 1 amide bonds. The number of hydrogen-bond donors (Lipinski definition) is 3. The highest BCUT2D eigenvalue weighted by Gasteiger charge is 2.13. The number of aliphatic hydroxyl groups excluding tert-OH is 1. The van der Waals surface area contributed by atoms with E-state index in [1.54, 1.807) is 13.2 Å². The fourth-order valence-electron chi connectivity index (χ4n) is 2.80. The predicted octanol–water partition coefficient (Wildman–Crippen LogP) is 3.16. The normalized spacial score (nSPS) is 10.8. The second kappa shape index (κ2) is 6.76. The van der Waals surface area contributed by atoms with Crippen LogP contribution in [0, 0.1) is 6.92 Å². The lowest BCUT2D eigenvalue weighted by atomic mass is 10.1. The number of H-pyrrole nitrogens is 1. The quantitative estimate of drug-likeness (QED) is 0.675. The number of aryl methyl sites for hydroxylation is 1. The van der Waals surface area contributed by atoms with Crippen molar-refractivity contribution in [1.82, 2.24) is 4.98 Å². The number of aromatic nitrogens is 1. The lowest BCUT2D eigenvalue weighted by Gasteiger charge is -2.10. The minimum Gasteiger partial charge on any atom is -0.496 e. The molecule has 0 aliphatic carbocycles. The number of hydrogen-bond acceptors (Lipinski definition) is 3. The summed E-state index contributed by atoms with van der Waals surface area (Å²) >= 11 is 0. The number of methoxy groups -OCH3 is 1. The van der Waals surface area contributed by atoms with Crippen LogP contribution in [0.1, 0.15) is 16.7 Å². The van der Waals surface area contributed by atoms with Gasteiger partial charge in [-0.15, -0.1) is 0 Å². The molecule has 0 atom stereocenters. The van der Waals surface area contributed by atoms with Crippen molar-refractivity contribution >= 4 is 22.5 Å². The molecule has 3 rings (SSSR count). The number of amides is 1. The maximum atomic E-state index is 12.4. The number of anilines is 1. The summed E-state index contributed by atoms with van der Waals surface area (Å²) < 4.78 is 5.40. The molecule has 24 heavy (non-hydrogen) atoms. The third-order valence-electron chi connectivity index (χ3n) is 4.08. The largest absolute Gasteiger partial charge is 0.496 e. The minimum absolute atomic E-state index is 0.0528. The molecule has 0 fully saturated rings. The van der Waals surface area contributed by atoms with Crippen LogP contribution in [-0.2, 0) is 17.8 Å². The molecule has 0 saturated heterocycles. The summed E-state index contributed by atoms with van der Waals surface area (Å²) in [6, 6.07) is 11.3.